The molecule has 84 valence electrons. The van der Waals surface area contributed by atoms with Crippen molar-refractivity contribution in [2.45, 2.75) is 26.8 Å². The van der Waals surface area contributed by atoms with Crippen LogP contribution in [0.2, 0.25) is 0 Å². The van der Waals surface area contributed by atoms with Gasteiger partial charge in [0.25, 0.3) is 0 Å². The van der Waals surface area contributed by atoms with Gasteiger partial charge >= 0.3 is 0 Å². The topological polar surface area (TPSA) is 41.1 Å². The molecule has 1 atom stereocenters. The minimum atomic E-state index is 0.311. The standard InChI is InChI=1S/C11H20N4/c1-6-12-8(2)10-7-13-11(15(4)5)14-9(10)3/h7-8,12H,6H2,1-5H3. The summed E-state index contributed by atoms with van der Waals surface area (Å²) in [6.45, 7) is 7.21. The zero-order chi connectivity index (χ0) is 11.4. The van der Waals surface area contributed by atoms with Crippen molar-refractivity contribution in [3.05, 3.63) is 17.5 Å². The highest BCUT2D eigenvalue weighted by molar-refractivity contribution is 5.31. The maximum atomic E-state index is 4.45. The summed E-state index contributed by atoms with van der Waals surface area (Å²) >= 11 is 0. The van der Waals surface area contributed by atoms with Crippen LogP contribution in [0.3, 0.4) is 0 Å². The number of hydrogen-bond donors (Lipinski definition) is 1. The van der Waals surface area contributed by atoms with Crippen molar-refractivity contribution in [2.75, 3.05) is 25.5 Å². The van der Waals surface area contributed by atoms with Crippen molar-refractivity contribution in [2.24, 2.45) is 0 Å². The lowest BCUT2D eigenvalue weighted by atomic mass is 10.1. The Morgan fingerprint density at radius 3 is 2.60 bits per heavy atom. The normalized spacial score (nSPS) is 12.6. The summed E-state index contributed by atoms with van der Waals surface area (Å²) in [4.78, 5) is 10.7. The summed E-state index contributed by atoms with van der Waals surface area (Å²) in [6, 6.07) is 0.311. The first-order chi connectivity index (χ1) is 7.06. The third-order valence-corrected chi connectivity index (χ3v) is 2.38. The van der Waals surface area contributed by atoms with E-state index < -0.39 is 0 Å². The molecule has 1 rings (SSSR count). The van der Waals surface area contributed by atoms with Crippen LogP contribution in [-0.2, 0) is 0 Å². The molecule has 0 fully saturated rings. The van der Waals surface area contributed by atoms with Gasteiger partial charge in [0, 0.05) is 37.6 Å². The molecule has 15 heavy (non-hydrogen) atoms. The monoisotopic (exact) mass is 208 g/mol. The van der Waals surface area contributed by atoms with E-state index in [0.29, 0.717) is 6.04 Å². The lowest BCUT2D eigenvalue weighted by Crippen LogP contribution is -2.20. The van der Waals surface area contributed by atoms with Crippen LogP contribution < -0.4 is 10.2 Å². The molecular weight excluding hydrogens is 188 g/mol. The Labute approximate surface area is 91.7 Å². The second-order valence-corrected chi connectivity index (χ2v) is 3.88. The van der Waals surface area contributed by atoms with E-state index in [1.54, 1.807) is 0 Å². The largest absolute Gasteiger partial charge is 0.347 e. The molecule has 0 spiro atoms. The maximum absolute atomic E-state index is 4.45. The van der Waals surface area contributed by atoms with E-state index in [1.807, 2.05) is 32.1 Å². The molecular formula is C11H20N4. The molecule has 1 unspecified atom stereocenters. The van der Waals surface area contributed by atoms with Gasteiger partial charge in [-0.3, -0.25) is 0 Å². The molecule has 0 bridgehead atoms. The molecule has 0 aromatic carbocycles. The molecule has 0 radical (unpaired) electrons. The van der Waals surface area contributed by atoms with Crippen molar-refractivity contribution in [3.63, 3.8) is 0 Å². The fraction of sp³-hybridized carbons (Fsp3) is 0.636. The number of aryl methyl sites for hydroxylation is 1. The first-order valence-electron chi connectivity index (χ1n) is 5.30. The third kappa shape index (κ3) is 2.89. The van der Waals surface area contributed by atoms with E-state index >= 15 is 0 Å². The summed E-state index contributed by atoms with van der Waals surface area (Å²) in [5.74, 6) is 0.764. The molecule has 4 heteroatoms. The van der Waals surface area contributed by atoms with Gasteiger partial charge < -0.3 is 10.2 Å². The van der Waals surface area contributed by atoms with Crippen molar-refractivity contribution < 1.29 is 0 Å². The van der Waals surface area contributed by atoms with Crippen molar-refractivity contribution in [3.8, 4) is 0 Å². The van der Waals surface area contributed by atoms with Crippen molar-refractivity contribution in [1.29, 1.82) is 0 Å². The maximum Gasteiger partial charge on any atom is 0.224 e. The average molecular weight is 208 g/mol. The number of anilines is 1. The van der Waals surface area contributed by atoms with Gasteiger partial charge in [0.2, 0.25) is 5.95 Å². The highest BCUT2D eigenvalue weighted by atomic mass is 15.2. The second kappa shape index (κ2) is 5.07. The minimum absolute atomic E-state index is 0.311. The van der Waals surface area contributed by atoms with Gasteiger partial charge in [-0.1, -0.05) is 6.92 Å². The third-order valence-electron chi connectivity index (χ3n) is 2.38. The van der Waals surface area contributed by atoms with E-state index in [4.69, 9.17) is 0 Å². The summed E-state index contributed by atoms with van der Waals surface area (Å²) in [6.07, 6.45) is 1.91. The molecule has 0 saturated carbocycles. The second-order valence-electron chi connectivity index (χ2n) is 3.88. The van der Waals surface area contributed by atoms with E-state index in [0.717, 1.165) is 18.2 Å². The summed E-state index contributed by atoms with van der Waals surface area (Å²) in [5, 5.41) is 3.36. The molecule has 1 aromatic heterocycles. The summed E-state index contributed by atoms with van der Waals surface area (Å²) < 4.78 is 0. The molecule has 1 heterocycles. The fourth-order valence-corrected chi connectivity index (χ4v) is 1.52. The van der Waals surface area contributed by atoms with Crippen LogP contribution in [0.15, 0.2) is 6.20 Å². The lowest BCUT2D eigenvalue weighted by Gasteiger charge is -2.16. The molecule has 0 aliphatic heterocycles. The Hall–Kier alpha value is -1.16. The van der Waals surface area contributed by atoms with Crippen molar-refractivity contribution >= 4 is 5.95 Å². The molecule has 0 aliphatic rings. The smallest absolute Gasteiger partial charge is 0.224 e. The Kier molecular flexibility index (Phi) is 4.03. The van der Waals surface area contributed by atoms with Crippen LogP contribution in [0.25, 0.3) is 0 Å². The number of aromatic nitrogens is 2. The Morgan fingerprint density at radius 2 is 2.13 bits per heavy atom. The van der Waals surface area contributed by atoms with Crippen LogP contribution in [0, 0.1) is 6.92 Å². The van der Waals surface area contributed by atoms with Crippen LogP contribution >= 0.6 is 0 Å². The highest BCUT2D eigenvalue weighted by Gasteiger charge is 2.10. The van der Waals surface area contributed by atoms with E-state index in [1.165, 1.54) is 5.56 Å². The molecule has 0 aliphatic carbocycles. The van der Waals surface area contributed by atoms with E-state index in [9.17, 15) is 0 Å². The lowest BCUT2D eigenvalue weighted by molar-refractivity contribution is 0.590. The Morgan fingerprint density at radius 1 is 1.47 bits per heavy atom. The molecule has 1 N–H and O–H groups in total. The van der Waals surface area contributed by atoms with Gasteiger partial charge in [-0.15, -0.1) is 0 Å². The molecule has 0 amide bonds. The van der Waals surface area contributed by atoms with Crippen molar-refractivity contribution in [1.82, 2.24) is 15.3 Å². The van der Waals surface area contributed by atoms with Gasteiger partial charge in [0.05, 0.1) is 0 Å². The minimum Gasteiger partial charge on any atom is -0.347 e. The highest BCUT2D eigenvalue weighted by Crippen LogP contribution is 2.16. The zero-order valence-corrected chi connectivity index (χ0v) is 10.2. The first-order valence-corrected chi connectivity index (χ1v) is 5.30. The van der Waals surface area contributed by atoms with Gasteiger partial charge in [0.15, 0.2) is 0 Å². The van der Waals surface area contributed by atoms with Gasteiger partial charge in [-0.05, 0) is 20.4 Å². The predicted octanol–water partition coefficient (Wildman–Crippen LogP) is 1.52. The molecule has 4 nitrogen and oxygen atoms in total. The quantitative estimate of drug-likeness (QED) is 0.814. The summed E-state index contributed by atoms with van der Waals surface area (Å²) in [7, 11) is 3.89. The fourth-order valence-electron chi connectivity index (χ4n) is 1.52. The average Bonchev–Trinajstić information content (AvgIpc) is 2.17. The number of hydrogen-bond acceptors (Lipinski definition) is 4. The predicted molar refractivity (Wildman–Crippen MR) is 63.2 cm³/mol. The van der Waals surface area contributed by atoms with Crippen LogP contribution in [-0.4, -0.2) is 30.6 Å². The van der Waals surface area contributed by atoms with Crippen LogP contribution in [0.4, 0.5) is 5.95 Å². The Balaban J connectivity index is 2.92. The number of nitrogens with zero attached hydrogens (tertiary/aromatic N) is 3. The summed E-state index contributed by atoms with van der Waals surface area (Å²) in [5.41, 5.74) is 2.21. The van der Waals surface area contributed by atoms with Gasteiger partial charge in [-0.2, -0.15) is 0 Å². The van der Waals surface area contributed by atoms with E-state index in [2.05, 4.69) is 29.1 Å². The molecule has 1 aromatic rings. The van der Waals surface area contributed by atoms with E-state index in [-0.39, 0.29) is 0 Å². The van der Waals surface area contributed by atoms with Gasteiger partial charge in [-0.25, -0.2) is 9.97 Å². The van der Waals surface area contributed by atoms with Crippen LogP contribution in [0.5, 0.6) is 0 Å². The number of rotatable bonds is 4. The SMILES string of the molecule is CCNC(C)c1cnc(N(C)C)nc1C. The number of nitrogens with one attached hydrogen (secondary N) is 1. The zero-order valence-electron chi connectivity index (χ0n) is 10.2. The molecule has 0 saturated heterocycles. The van der Waals surface area contributed by atoms with Gasteiger partial charge in [0.1, 0.15) is 0 Å². The van der Waals surface area contributed by atoms with Crippen LogP contribution in [0.1, 0.15) is 31.1 Å². The first kappa shape index (κ1) is 11.9. The Bertz CT molecular complexity index is 322.